The van der Waals surface area contributed by atoms with Crippen molar-refractivity contribution in [3.63, 3.8) is 0 Å². The van der Waals surface area contributed by atoms with Crippen LogP contribution in [0.15, 0.2) is 30.5 Å². The fraction of sp³-hybridized carbons (Fsp3) is 0.267. The number of carbonyl (C=O) groups excluding carboxylic acids is 2. The minimum atomic E-state index is -4.36. The molecular formula is C15H16ClF3N4O2S. The molecule has 0 aliphatic carbocycles. The smallest absolute Gasteiger partial charge is 0.346 e. The standard InChI is InChI=1S/C15H15F3N4O2S.ClH/c16-15(17,18)10-3-1-9(2-4-10)5-11-7-21-14(25-11)22-13(24)8-20-12(23)6-19;/h1-4,7H,5-6,8,19H2,(H,20,23)(H,21,22,24);1H. The summed E-state index contributed by atoms with van der Waals surface area (Å²) < 4.78 is 37.6. The first kappa shape index (κ1) is 21.9. The van der Waals surface area contributed by atoms with Crippen LogP contribution in [0, 0.1) is 0 Å². The van der Waals surface area contributed by atoms with Crippen LogP contribution in [0.4, 0.5) is 18.3 Å². The van der Waals surface area contributed by atoms with Crippen molar-refractivity contribution >= 4 is 40.7 Å². The Morgan fingerprint density at radius 3 is 2.38 bits per heavy atom. The fourth-order valence-corrected chi connectivity index (χ4v) is 2.74. The molecule has 1 heterocycles. The van der Waals surface area contributed by atoms with Gasteiger partial charge in [0.1, 0.15) is 0 Å². The summed E-state index contributed by atoms with van der Waals surface area (Å²) in [6.45, 7) is -0.425. The number of anilines is 1. The molecule has 0 radical (unpaired) electrons. The van der Waals surface area contributed by atoms with Crippen LogP contribution < -0.4 is 16.4 Å². The summed E-state index contributed by atoms with van der Waals surface area (Å²) >= 11 is 1.20. The number of aromatic nitrogens is 1. The molecule has 0 bridgehead atoms. The molecule has 2 rings (SSSR count). The summed E-state index contributed by atoms with van der Waals surface area (Å²) in [5.41, 5.74) is 5.10. The molecule has 1 aromatic carbocycles. The summed E-state index contributed by atoms with van der Waals surface area (Å²) in [6.07, 6.45) is -2.42. The third kappa shape index (κ3) is 6.62. The number of benzene rings is 1. The van der Waals surface area contributed by atoms with Gasteiger partial charge in [0, 0.05) is 17.5 Å². The highest BCUT2D eigenvalue weighted by Crippen LogP contribution is 2.29. The predicted molar refractivity (Wildman–Crippen MR) is 94.3 cm³/mol. The summed E-state index contributed by atoms with van der Waals surface area (Å²) in [4.78, 5) is 27.4. The highest BCUT2D eigenvalue weighted by molar-refractivity contribution is 7.15. The molecule has 1 aromatic heterocycles. The molecule has 11 heteroatoms. The monoisotopic (exact) mass is 408 g/mol. The maximum absolute atomic E-state index is 12.5. The zero-order chi connectivity index (χ0) is 18.4. The quantitative estimate of drug-likeness (QED) is 0.682. The Labute approximate surface area is 157 Å². The molecule has 2 aromatic rings. The van der Waals surface area contributed by atoms with Gasteiger partial charge in [-0.05, 0) is 17.7 Å². The average molecular weight is 409 g/mol. The van der Waals surface area contributed by atoms with Gasteiger partial charge in [0.2, 0.25) is 11.8 Å². The molecule has 0 unspecified atom stereocenters. The largest absolute Gasteiger partial charge is 0.416 e. The molecule has 26 heavy (non-hydrogen) atoms. The second-order valence-corrected chi connectivity index (χ2v) is 6.15. The van der Waals surface area contributed by atoms with Crippen molar-refractivity contribution in [1.29, 1.82) is 0 Å². The van der Waals surface area contributed by atoms with Gasteiger partial charge in [0.05, 0.1) is 18.7 Å². The molecule has 4 N–H and O–H groups in total. The van der Waals surface area contributed by atoms with Gasteiger partial charge in [0.25, 0.3) is 0 Å². The Balaban J connectivity index is 0.00000338. The van der Waals surface area contributed by atoms with Gasteiger partial charge in [-0.3, -0.25) is 9.59 Å². The molecule has 0 atom stereocenters. The van der Waals surface area contributed by atoms with E-state index in [-0.39, 0.29) is 25.5 Å². The molecule has 0 aliphatic heterocycles. The van der Waals surface area contributed by atoms with Crippen molar-refractivity contribution < 1.29 is 22.8 Å². The second-order valence-electron chi connectivity index (χ2n) is 5.03. The Hall–Kier alpha value is -2.17. The maximum atomic E-state index is 12.5. The van der Waals surface area contributed by atoms with Gasteiger partial charge in [0.15, 0.2) is 5.13 Å². The number of hydrogen-bond donors (Lipinski definition) is 3. The van der Waals surface area contributed by atoms with Crippen molar-refractivity contribution in [2.24, 2.45) is 5.73 Å². The highest BCUT2D eigenvalue weighted by Gasteiger charge is 2.29. The highest BCUT2D eigenvalue weighted by atomic mass is 35.5. The van der Waals surface area contributed by atoms with Crippen LogP contribution in [0.2, 0.25) is 0 Å². The number of nitrogens with one attached hydrogen (secondary N) is 2. The van der Waals surface area contributed by atoms with Gasteiger partial charge in [-0.1, -0.05) is 12.1 Å². The van der Waals surface area contributed by atoms with Crippen LogP contribution in [0.3, 0.4) is 0 Å². The van der Waals surface area contributed by atoms with Gasteiger partial charge >= 0.3 is 6.18 Å². The maximum Gasteiger partial charge on any atom is 0.416 e. The number of alkyl halides is 3. The number of rotatable bonds is 6. The van der Waals surface area contributed by atoms with Crippen molar-refractivity contribution in [2.75, 3.05) is 18.4 Å². The third-order valence-corrected chi connectivity index (χ3v) is 4.00. The Bertz CT molecular complexity index is 750. The van der Waals surface area contributed by atoms with Crippen molar-refractivity contribution in [3.05, 3.63) is 46.5 Å². The van der Waals surface area contributed by atoms with E-state index in [1.165, 1.54) is 29.7 Å². The van der Waals surface area contributed by atoms with E-state index in [9.17, 15) is 22.8 Å². The van der Waals surface area contributed by atoms with E-state index < -0.39 is 23.6 Å². The van der Waals surface area contributed by atoms with Crippen molar-refractivity contribution in [3.8, 4) is 0 Å². The van der Waals surface area contributed by atoms with Crippen molar-refractivity contribution in [1.82, 2.24) is 10.3 Å². The van der Waals surface area contributed by atoms with E-state index in [1.807, 2.05) is 0 Å². The van der Waals surface area contributed by atoms with Gasteiger partial charge in [-0.25, -0.2) is 4.98 Å². The topological polar surface area (TPSA) is 97.1 Å². The predicted octanol–water partition coefficient (Wildman–Crippen LogP) is 2.19. The van der Waals surface area contributed by atoms with E-state index in [2.05, 4.69) is 15.6 Å². The zero-order valence-corrected chi connectivity index (χ0v) is 14.9. The lowest BCUT2D eigenvalue weighted by Gasteiger charge is -2.06. The number of hydrogen-bond acceptors (Lipinski definition) is 5. The third-order valence-electron chi connectivity index (χ3n) is 3.09. The van der Waals surface area contributed by atoms with Gasteiger partial charge < -0.3 is 16.4 Å². The molecule has 2 amide bonds. The molecule has 0 saturated carbocycles. The van der Waals surface area contributed by atoms with E-state index >= 15 is 0 Å². The molecular weight excluding hydrogens is 393 g/mol. The molecule has 142 valence electrons. The van der Waals surface area contributed by atoms with Crippen LogP contribution in [0.25, 0.3) is 0 Å². The summed E-state index contributed by atoms with van der Waals surface area (Å²) in [5.74, 6) is -0.894. The molecule has 0 fully saturated rings. The Morgan fingerprint density at radius 1 is 1.15 bits per heavy atom. The van der Waals surface area contributed by atoms with Crippen molar-refractivity contribution in [2.45, 2.75) is 12.6 Å². The van der Waals surface area contributed by atoms with Crippen LogP contribution in [0.1, 0.15) is 16.0 Å². The lowest BCUT2D eigenvalue weighted by molar-refractivity contribution is -0.137. The number of halogens is 4. The zero-order valence-electron chi connectivity index (χ0n) is 13.3. The second kappa shape index (κ2) is 9.51. The first-order valence-corrected chi connectivity index (χ1v) is 7.97. The summed E-state index contributed by atoms with van der Waals surface area (Å²) in [6, 6.07) is 4.87. The number of thiazole rings is 1. The number of nitrogens with two attached hydrogens (primary N) is 1. The molecule has 0 saturated heterocycles. The first-order chi connectivity index (χ1) is 11.8. The van der Waals surface area contributed by atoms with Crippen LogP contribution in [-0.4, -0.2) is 29.9 Å². The number of amides is 2. The Morgan fingerprint density at radius 2 is 1.81 bits per heavy atom. The van der Waals surface area contributed by atoms with Crippen LogP contribution >= 0.6 is 23.7 Å². The van der Waals surface area contributed by atoms with Crippen LogP contribution in [0.5, 0.6) is 0 Å². The van der Waals surface area contributed by atoms with E-state index in [4.69, 9.17) is 5.73 Å². The molecule has 6 nitrogen and oxygen atoms in total. The lowest BCUT2D eigenvalue weighted by Crippen LogP contribution is -2.36. The summed E-state index contributed by atoms with van der Waals surface area (Å²) in [5, 5.41) is 5.19. The SMILES string of the molecule is Cl.NCC(=O)NCC(=O)Nc1ncc(Cc2ccc(C(F)(F)F)cc2)s1. The van der Waals surface area contributed by atoms with Gasteiger partial charge in [-0.2, -0.15) is 13.2 Å². The minimum absolute atomic E-state index is 0. The summed E-state index contributed by atoms with van der Waals surface area (Å²) in [7, 11) is 0. The van der Waals surface area contributed by atoms with Crippen LogP contribution in [-0.2, 0) is 22.2 Å². The average Bonchev–Trinajstić information content (AvgIpc) is 2.99. The van der Waals surface area contributed by atoms with E-state index in [0.29, 0.717) is 17.1 Å². The molecule has 0 aliphatic rings. The lowest BCUT2D eigenvalue weighted by atomic mass is 10.1. The number of nitrogens with zero attached hydrogens (tertiary/aromatic N) is 1. The first-order valence-electron chi connectivity index (χ1n) is 7.15. The minimum Gasteiger partial charge on any atom is -0.346 e. The Kier molecular flexibility index (Phi) is 8.00. The number of carbonyl (C=O) groups is 2. The normalized spacial score (nSPS) is 10.8. The van der Waals surface area contributed by atoms with E-state index in [0.717, 1.165) is 17.0 Å². The fourth-order valence-electron chi connectivity index (χ4n) is 1.87. The van der Waals surface area contributed by atoms with Gasteiger partial charge in [-0.15, -0.1) is 23.7 Å². The van der Waals surface area contributed by atoms with E-state index in [1.54, 1.807) is 0 Å². The molecule has 0 spiro atoms.